The molecule has 120 valence electrons. The molecule has 2 rings (SSSR count). The average Bonchev–Trinajstić information content (AvgIpc) is 2.80. The molecule has 1 aliphatic carbocycles. The summed E-state index contributed by atoms with van der Waals surface area (Å²) in [4.78, 5) is 14.9. The number of ether oxygens (including phenoxy) is 1. The number of nitrogens with zero attached hydrogens (tertiary/aromatic N) is 2. The van der Waals surface area contributed by atoms with E-state index in [4.69, 9.17) is 15.7 Å². The lowest BCUT2D eigenvalue weighted by atomic mass is 9.77. The number of oxime groups is 1. The number of carbonyl (C=O) groups excluding carboxylic acids is 1. The first-order chi connectivity index (χ1) is 10.1. The maximum Gasteiger partial charge on any atom is 0.236 e. The Bertz CT molecular complexity index is 382. The van der Waals surface area contributed by atoms with Crippen LogP contribution in [-0.2, 0) is 9.53 Å². The fourth-order valence-electron chi connectivity index (χ4n) is 3.60. The fraction of sp³-hybridized carbons (Fsp3) is 0.867. The van der Waals surface area contributed by atoms with Crippen molar-refractivity contribution < 1.29 is 14.7 Å². The smallest absolute Gasteiger partial charge is 0.236 e. The number of rotatable bonds is 3. The predicted molar refractivity (Wildman–Crippen MR) is 80.2 cm³/mol. The molecule has 0 aromatic heterocycles. The molecule has 6 heteroatoms. The Kier molecular flexibility index (Phi) is 5.45. The van der Waals surface area contributed by atoms with Crippen molar-refractivity contribution in [2.45, 2.75) is 57.5 Å². The van der Waals surface area contributed by atoms with E-state index in [1.54, 1.807) is 7.11 Å². The van der Waals surface area contributed by atoms with Gasteiger partial charge in [0.05, 0.1) is 6.10 Å². The van der Waals surface area contributed by atoms with Gasteiger partial charge in [-0.3, -0.25) is 4.79 Å². The second-order valence-electron chi connectivity index (χ2n) is 6.21. The summed E-state index contributed by atoms with van der Waals surface area (Å²) in [5.41, 5.74) is 5.14. The number of hydrogen-bond acceptors (Lipinski definition) is 4. The molecule has 0 aromatic rings. The van der Waals surface area contributed by atoms with Gasteiger partial charge >= 0.3 is 0 Å². The quantitative estimate of drug-likeness (QED) is 0.273. The van der Waals surface area contributed by atoms with Crippen LogP contribution in [0.2, 0.25) is 0 Å². The SMILES string of the molecule is COC1CCN(C(=O)C2(C(N)=NO)CCCCCC2)CC1. The van der Waals surface area contributed by atoms with Crippen LogP contribution in [0.5, 0.6) is 0 Å². The number of likely N-dealkylation sites (tertiary alicyclic amines) is 1. The molecule has 1 aliphatic heterocycles. The first-order valence-corrected chi connectivity index (χ1v) is 7.94. The summed E-state index contributed by atoms with van der Waals surface area (Å²) in [6.07, 6.45) is 7.45. The second-order valence-corrected chi connectivity index (χ2v) is 6.21. The van der Waals surface area contributed by atoms with E-state index in [9.17, 15) is 4.79 Å². The summed E-state index contributed by atoms with van der Waals surface area (Å²) in [5.74, 6) is 0.123. The normalized spacial score (nSPS) is 24.6. The monoisotopic (exact) mass is 297 g/mol. The maximum absolute atomic E-state index is 13.0. The molecule has 0 spiro atoms. The van der Waals surface area contributed by atoms with E-state index in [1.807, 2.05) is 4.90 Å². The van der Waals surface area contributed by atoms with Gasteiger partial charge in [-0.25, -0.2) is 0 Å². The highest BCUT2D eigenvalue weighted by atomic mass is 16.5. The third kappa shape index (κ3) is 3.31. The summed E-state index contributed by atoms with van der Waals surface area (Å²) in [5, 5.41) is 12.3. The Balaban J connectivity index is 2.15. The van der Waals surface area contributed by atoms with Gasteiger partial charge in [-0.1, -0.05) is 30.8 Å². The van der Waals surface area contributed by atoms with E-state index in [2.05, 4.69) is 5.16 Å². The molecule has 1 saturated heterocycles. The van der Waals surface area contributed by atoms with Gasteiger partial charge in [0.15, 0.2) is 5.84 Å². The van der Waals surface area contributed by atoms with Gasteiger partial charge in [0, 0.05) is 20.2 Å². The van der Waals surface area contributed by atoms with E-state index in [0.717, 1.165) is 38.5 Å². The topological polar surface area (TPSA) is 88.2 Å². The average molecular weight is 297 g/mol. The lowest BCUT2D eigenvalue weighted by molar-refractivity contribution is -0.141. The van der Waals surface area contributed by atoms with Crippen LogP contribution in [0, 0.1) is 5.41 Å². The van der Waals surface area contributed by atoms with Crippen molar-refractivity contribution in [1.82, 2.24) is 4.90 Å². The van der Waals surface area contributed by atoms with Crippen LogP contribution in [0.3, 0.4) is 0 Å². The largest absolute Gasteiger partial charge is 0.409 e. The minimum Gasteiger partial charge on any atom is -0.409 e. The van der Waals surface area contributed by atoms with E-state index in [0.29, 0.717) is 25.9 Å². The number of methoxy groups -OCH3 is 1. The Hall–Kier alpha value is -1.30. The summed E-state index contributed by atoms with van der Waals surface area (Å²) in [7, 11) is 1.71. The van der Waals surface area contributed by atoms with Gasteiger partial charge in [-0.05, 0) is 25.7 Å². The van der Waals surface area contributed by atoms with Gasteiger partial charge in [0.25, 0.3) is 0 Å². The highest BCUT2D eigenvalue weighted by Gasteiger charge is 2.45. The van der Waals surface area contributed by atoms with E-state index in [-0.39, 0.29) is 17.8 Å². The van der Waals surface area contributed by atoms with Crippen LogP contribution in [0.4, 0.5) is 0 Å². The Morgan fingerprint density at radius 1 is 1.24 bits per heavy atom. The molecule has 1 saturated carbocycles. The Morgan fingerprint density at radius 3 is 2.29 bits per heavy atom. The van der Waals surface area contributed by atoms with Crippen LogP contribution < -0.4 is 5.73 Å². The zero-order valence-electron chi connectivity index (χ0n) is 12.9. The van der Waals surface area contributed by atoms with Crippen LogP contribution in [0.1, 0.15) is 51.4 Å². The fourth-order valence-corrected chi connectivity index (χ4v) is 3.60. The minimum atomic E-state index is -0.800. The molecule has 1 heterocycles. The number of piperidine rings is 1. The zero-order valence-corrected chi connectivity index (χ0v) is 12.9. The van der Waals surface area contributed by atoms with Gasteiger partial charge in [-0.2, -0.15) is 0 Å². The molecule has 0 unspecified atom stereocenters. The van der Waals surface area contributed by atoms with Crippen LogP contribution in [0.25, 0.3) is 0 Å². The highest BCUT2D eigenvalue weighted by molar-refractivity contribution is 6.06. The zero-order chi connectivity index (χ0) is 15.3. The molecule has 0 radical (unpaired) electrons. The highest BCUT2D eigenvalue weighted by Crippen LogP contribution is 2.38. The second kappa shape index (κ2) is 7.11. The number of nitrogens with two attached hydrogens (primary N) is 1. The van der Waals surface area contributed by atoms with Crippen LogP contribution in [-0.4, -0.2) is 48.2 Å². The van der Waals surface area contributed by atoms with E-state index in [1.165, 1.54) is 0 Å². The van der Waals surface area contributed by atoms with Gasteiger partial charge < -0.3 is 20.6 Å². The molecule has 2 aliphatic rings. The third-order valence-corrected chi connectivity index (χ3v) is 5.03. The van der Waals surface area contributed by atoms with Crippen molar-refractivity contribution in [3.8, 4) is 0 Å². The lowest BCUT2D eigenvalue weighted by Crippen LogP contribution is -2.53. The van der Waals surface area contributed by atoms with E-state index < -0.39 is 5.41 Å². The van der Waals surface area contributed by atoms with Crippen LogP contribution >= 0.6 is 0 Å². The maximum atomic E-state index is 13.0. The van der Waals surface area contributed by atoms with E-state index >= 15 is 0 Å². The molecule has 0 aromatic carbocycles. The third-order valence-electron chi connectivity index (χ3n) is 5.03. The molecule has 0 bridgehead atoms. The molecule has 0 atom stereocenters. The number of amides is 1. The van der Waals surface area contributed by atoms with Crippen molar-refractivity contribution in [2.75, 3.05) is 20.2 Å². The van der Waals surface area contributed by atoms with Gasteiger partial charge in [-0.15, -0.1) is 0 Å². The molecule has 21 heavy (non-hydrogen) atoms. The van der Waals surface area contributed by atoms with Gasteiger partial charge in [0.2, 0.25) is 5.91 Å². The Labute approximate surface area is 126 Å². The Morgan fingerprint density at radius 2 is 1.81 bits per heavy atom. The molecular formula is C15H27N3O3. The van der Waals surface area contributed by atoms with Crippen molar-refractivity contribution in [2.24, 2.45) is 16.3 Å². The molecule has 3 N–H and O–H groups in total. The summed E-state index contributed by atoms with van der Waals surface area (Å²) in [6.45, 7) is 1.38. The van der Waals surface area contributed by atoms with Crippen molar-refractivity contribution in [3.63, 3.8) is 0 Å². The number of hydrogen-bond donors (Lipinski definition) is 2. The predicted octanol–water partition coefficient (Wildman–Crippen LogP) is 1.71. The van der Waals surface area contributed by atoms with Crippen LogP contribution in [0.15, 0.2) is 5.16 Å². The summed E-state index contributed by atoms with van der Waals surface area (Å²) in [6, 6.07) is 0. The first-order valence-electron chi connectivity index (χ1n) is 7.94. The van der Waals surface area contributed by atoms with Crippen molar-refractivity contribution >= 4 is 11.7 Å². The van der Waals surface area contributed by atoms with Crippen molar-refractivity contribution in [1.29, 1.82) is 0 Å². The lowest BCUT2D eigenvalue weighted by Gasteiger charge is -2.39. The first kappa shape index (κ1) is 16.1. The molecule has 1 amide bonds. The molecule has 6 nitrogen and oxygen atoms in total. The van der Waals surface area contributed by atoms with Crippen molar-refractivity contribution in [3.05, 3.63) is 0 Å². The standard InChI is InChI=1S/C15H27N3O3/c1-21-12-6-10-18(11-7-12)14(19)15(13(16)17-20)8-4-2-3-5-9-15/h12,20H,2-11H2,1H3,(H2,16,17). The minimum absolute atomic E-state index is 0.0363. The van der Waals surface area contributed by atoms with Gasteiger partial charge in [0.1, 0.15) is 5.41 Å². The number of amidine groups is 1. The molecular weight excluding hydrogens is 270 g/mol. The number of carbonyl (C=O) groups is 1. The summed E-state index contributed by atoms with van der Waals surface area (Å²) >= 11 is 0. The molecule has 2 fully saturated rings. The summed E-state index contributed by atoms with van der Waals surface area (Å²) < 4.78 is 5.35.